The summed E-state index contributed by atoms with van der Waals surface area (Å²) in [7, 11) is 0. The van der Waals surface area contributed by atoms with E-state index in [-0.39, 0.29) is 17.6 Å². The summed E-state index contributed by atoms with van der Waals surface area (Å²) in [5, 5.41) is 0. The van der Waals surface area contributed by atoms with Crippen molar-refractivity contribution in [1.29, 1.82) is 0 Å². The average molecular weight is 212 g/mol. The number of hydrogen-bond donors (Lipinski definition) is 0. The van der Waals surface area contributed by atoms with Crippen molar-refractivity contribution in [3.05, 3.63) is 35.4 Å². The van der Waals surface area contributed by atoms with Crippen molar-refractivity contribution >= 4 is 0 Å². The lowest BCUT2D eigenvalue weighted by molar-refractivity contribution is 0.539. The Bertz CT molecular complexity index is 307. The van der Waals surface area contributed by atoms with Crippen LogP contribution >= 0.6 is 0 Å². The molecule has 0 aliphatic carbocycles. The van der Waals surface area contributed by atoms with Crippen LogP contribution in [0.3, 0.4) is 0 Å². The van der Waals surface area contributed by atoms with E-state index < -0.39 is 0 Å². The van der Waals surface area contributed by atoms with Gasteiger partial charge in [0.15, 0.2) is 0 Å². The maximum Gasteiger partial charge on any atom is 0.126 e. The molecule has 1 unspecified atom stereocenters. The number of rotatable bonds is 5. The highest BCUT2D eigenvalue weighted by molar-refractivity contribution is 5.22. The van der Waals surface area contributed by atoms with Crippen LogP contribution in [0.15, 0.2) is 18.2 Å². The van der Waals surface area contributed by atoms with Crippen LogP contribution in [0.5, 0.6) is 0 Å². The Labute approximate surface area is 90.3 Å². The molecule has 2 heteroatoms. The molecule has 0 radical (unpaired) electrons. The van der Waals surface area contributed by atoms with Crippen LogP contribution < -0.4 is 0 Å². The first-order chi connectivity index (χ1) is 7.15. The highest BCUT2D eigenvalue weighted by Crippen LogP contribution is 2.24. The Morgan fingerprint density at radius 2 is 1.93 bits per heavy atom. The first-order valence-corrected chi connectivity index (χ1v) is 5.60. The van der Waals surface area contributed by atoms with Gasteiger partial charge in [-0.2, -0.15) is 0 Å². The maximum atomic E-state index is 13.4. The molecule has 15 heavy (non-hydrogen) atoms. The molecule has 1 rings (SSSR count). The lowest BCUT2D eigenvalue weighted by atomic mass is 9.94. The summed E-state index contributed by atoms with van der Waals surface area (Å²) in [6.45, 7) is 4.08. The van der Waals surface area contributed by atoms with Crippen molar-refractivity contribution < 1.29 is 8.78 Å². The Kier molecular flexibility index (Phi) is 4.73. The van der Waals surface area contributed by atoms with Crippen molar-refractivity contribution in [2.75, 3.05) is 0 Å². The fourth-order valence-electron chi connectivity index (χ4n) is 1.75. The third kappa shape index (κ3) is 3.61. The summed E-state index contributed by atoms with van der Waals surface area (Å²) >= 11 is 0. The molecule has 0 nitrogen and oxygen atoms in total. The Morgan fingerprint density at radius 1 is 1.20 bits per heavy atom. The van der Waals surface area contributed by atoms with Gasteiger partial charge in [0.1, 0.15) is 11.6 Å². The molecular formula is C13H18F2. The molecule has 0 N–H and O–H groups in total. The van der Waals surface area contributed by atoms with Gasteiger partial charge >= 0.3 is 0 Å². The average Bonchev–Trinajstić information content (AvgIpc) is 2.22. The number of halogens is 2. The lowest BCUT2D eigenvalue weighted by Crippen LogP contribution is -1.98. The van der Waals surface area contributed by atoms with Gasteiger partial charge in [-0.3, -0.25) is 0 Å². The molecule has 1 aromatic carbocycles. The molecule has 84 valence electrons. The fraction of sp³-hybridized carbons (Fsp3) is 0.538. The van der Waals surface area contributed by atoms with Crippen LogP contribution in [0, 0.1) is 11.6 Å². The summed E-state index contributed by atoms with van der Waals surface area (Å²) < 4.78 is 26.3. The zero-order valence-corrected chi connectivity index (χ0v) is 9.39. The van der Waals surface area contributed by atoms with Crippen LogP contribution in [-0.4, -0.2) is 0 Å². The predicted molar refractivity (Wildman–Crippen MR) is 58.9 cm³/mol. The van der Waals surface area contributed by atoms with E-state index in [1.54, 1.807) is 0 Å². The lowest BCUT2D eigenvalue weighted by Gasteiger charge is -2.12. The molecule has 0 bridgehead atoms. The normalized spacial score (nSPS) is 12.8. The molecule has 0 spiro atoms. The first-order valence-electron chi connectivity index (χ1n) is 5.60. The molecule has 0 fully saturated rings. The molecule has 0 aliphatic rings. The van der Waals surface area contributed by atoms with Gasteiger partial charge in [0.25, 0.3) is 0 Å². The molecule has 1 atom stereocenters. The smallest absolute Gasteiger partial charge is 0.126 e. The molecule has 0 heterocycles. The zero-order valence-electron chi connectivity index (χ0n) is 9.39. The van der Waals surface area contributed by atoms with E-state index in [1.807, 2.05) is 6.92 Å². The van der Waals surface area contributed by atoms with Crippen molar-refractivity contribution in [2.24, 2.45) is 0 Å². The van der Waals surface area contributed by atoms with Gasteiger partial charge in [-0.1, -0.05) is 33.1 Å². The second-order valence-electron chi connectivity index (χ2n) is 4.06. The third-order valence-electron chi connectivity index (χ3n) is 2.73. The van der Waals surface area contributed by atoms with Crippen LogP contribution in [0.1, 0.15) is 51.0 Å². The van der Waals surface area contributed by atoms with Gasteiger partial charge in [0.2, 0.25) is 0 Å². The van der Waals surface area contributed by atoms with Crippen molar-refractivity contribution in [1.82, 2.24) is 0 Å². The molecule has 0 aromatic heterocycles. The first kappa shape index (κ1) is 12.2. The summed E-state index contributed by atoms with van der Waals surface area (Å²) in [6.07, 6.45) is 4.31. The van der Waals surface area contributed by atoms with Crippen LogP contribution in [-0.2, 0) is 0 Å². The summed E-state index contributed by atoms with van der Waals surface area (Å²) in [6, 6.07) is 3.69. The van der Waals surface area contributed by atoms with Gasteiger partial charge < -0.3 is 0 Å². The minimum Gasteiger partial charge on any atom is -0.207 e. The SMILES string of the molecule is CCCCCC(C)c1cc(F)ccc1F. The number of hydrogen-bond acceptors (Lipinski definition) is 0. The minimum atomic E-state index is -0.353. The number of unbranched alkanes of at least 4 members (excludes halogenated alkanes) is 2. The van der Waals surface area contributed by atoms with Crippen molar-refractivity contribution in [2.45, 2.75) is 45.4 Å². The van der Waals surface area contributed by atoms with Gasteiger partial charge in [-0.15, -0.1) is 0 Å². The van der Waals surface area contributed by atoms with E-state index in [0.29, 0.717) is 5.56 Å². The van der Waals surface area contributed by atoms with E-state index >= 15 is 0 Å². The second kappa shape index (κ2) is 5.84. The fourth-order valence-corrected chi connectivity index (χ4v) is 1.75. The van der Waals surface area contributed by atoms with E-state index in [0.717, 1.165) is 31.7 Å². The topological polar surface area (TPSA) is 0 Å². The van der Waals surface area contributed by atoms with E-state index in [9.17, 15) is 8.78 Å². The van der Waals surface area contributed by atoms with Crippen LogP contribution in [0.25, 0.3) is 0 Å². The van der Waals surface area contributed by atoms with E-state index in [2.05, 4.69) is 6.92 Å². The standard InChI is InChI=1S/C13H18F2/c1-3-4-5-6-10(2)12-9-11(14)7-8-13(12)15/h7-10H,3-6H2,1-2H3. The highest BCUT2D eigenvalue weighted by Gasteiger charge is 2.11. The van der Waals surface area contributed by atoms with Crippen LogP contribution in [0.4, 0.5) is 8.78 Å². The van der Waals surface area contributed by atoms with Crippen LogP contribution in [0.2, 0.25) is 0 Å². The largest absolute Gasteiger partial charge is 0.207 e. The number of benzene rings is 1. The minimum absolute atomic E-state index is 0.104. The van der Waals surface area contributed by atoms with E-state index in [4.69, 9.17) is 0 Å². The molecular weight excluding hydrogens is 194 g/mol. The molecule has 0 saturated carbocycles. The van der Waals surface area contributed by atoms with Gasteiger partial charge in [-0.25, -0.2) is 8.78 Å². The third-order valence-corrected chi connectivity index (χ3v) is 2.73. The highest BCUT2D eigenvalue weighted by atomic mass is 19.1. The summed E-state index contributed by atoms with van der Waals surface area (Å²) in [5.41, 5.74) is 0.506. The Morgan fingerprint density at radius 3 is 2.60 bits per heavy atom. The summed E-state index contributed by atoms with van der Waals surface area (Å²) in [5.74, 6) is -0.540. The molecule has 1 aromatic rings. The monoisotopic (exact) mass is 212 g/mol. The van der Waals surface area contributed by atoms with Crippen molar-refractivity contribution in [3.8, 4) is 0 Å². The van der Waals surface area contributed by atoms with Crippen molar-refractivity contribution in [3.63, 3.8) is 0 Å². The predicted octanol–water partition coefficient (Wildman–Crippen LogP) is 4.65. The molecule has 0 amide bonds. The Hall–Kier alpha value is -0.920. The second-order valence-corrected chi connectivity index (χ2v) is 4.06. The van der Waals surface area contributed by atoms with E-state index in [1.165, 1.54) is 12.1 Å². The maximum absolute atomic E-state index is 13.4. The Balaban J connectivity index is 2.64. The van der Waals surface area contributed by atoms with Gasteiger partial charge in [-0.05, 0) is 36.1 Å². The quantitative estimate of drug-likeness (QED) is 0.623. The zero-order chi connectivity index (χ0) is 11.3. The molecule has 0 saturated heterocycles. The molecule has 0 aliphatic heterocycles. The summed E-state index contributed by atoms with van der Waals surface area (Å²) in [4.78, 5) is 0. The van der Waals surface area contributed by atoms with Gasteiger partial charge in [0.05, 0.1) is 0 Å². The van der Waals surface area contributed by atoms with Gasteiger partial charge in [0, 0.05) is 0 Å².